The molecule has 0 aromatic heterocycles. The molecule has 0 saturated carbocycles. The minimum absolute atomic E-state index is 0.120. The number of nitrogens with one attached hydrogen (secondary N) is 2. The molecule has 1 fully saturated rings. The molecule has 0 aliphatic carbocycles. The normalized spacial score (nSPS) is 14.8. The molecule has 3 amide bonds. The predicted octanol–water partition coefficient (Wildman–Crippen LogP) is 4.74. The molecule has 9 heteroatoms. The summed E-state index contributed by atoms with van der Waals surface area (Å²) in [4.78, 5) is 25.8. The third-order valence-corrected chi connectivity index (χ3v) is 4.85. The van der Waals surface area contributed by atoms with E-state index >= 15 is 0 Å². The summed E-state index contributed by atoms with van der Waals surface area (Å²) < 4.78 is 44.3. The first-order valence-corrected chi connectivity index (χ1v) is 9.56. The Morgan fingerprint density at radius 3 is 2.30 bits per heavy atom. The number of halogens is 3. The van der Waals surface area contributed by atoms with E-state index in [4.69, 9.17) is 4.74 Å². The zero-order valence-electron chi connectivity index (χ0n) is 16.1. The van der Waals surface area contributed by atoms with E-state index in [9.17, 15) is 22.8 Å². The number of nitrogens with zero attached hydrogens (tertiary/aromatic N) is 1. The van der Waals surface area contributed by atoms with E-state index in [-0.39, 0.29) is 11.6 Å². The van der Waals surface area contributed by atoms with Crippen LogP contribution in [0.3, 0.4) is 0 Å². The second kappa shape index (κ2) is 9.51. The summed E-state index contributed by atoms with van der Waals surface area (Å²) in [5.74, 6) is 0.594. The van der Waals surface area contributed by atoms with Crippen LogP contribution in [0.15, 0.2) is 54.6 Å². The molecule has 1 aliphatic heterocycles. The number of benzene rings is 2. The molecular formula is C21H22F3N3O3. The fraction of sp³-hybridized carbons (Fsp3) is 0.333. The molecule has 6 nitrogen and oxygen atoms in total. The largest absolute Gasteiger partial charge is 0.418 e. The summed E-state index contributed by atoms with van der Waals surface area (Å²) in [6, 6.07) is 12.9. The predicted molar refractivity (Wildman–Crippen MR) is 105 cm³/mol. The summed E-state index contributed by atoms with van der Waals surface area (Å²) in [5, 5.41) is 4.87. The Bertz CT molecular complexity index is 867. The molecule has 0 radical (unpaired) electrons. The molecule has 2 aromatic rings. The molecule has 3 rings (SSSR count). The van der Waals surface area contributed by atoms with Gasteiger partial charge in [-0.2, -0.15) is 13.2 Å². The lowest BCUT2D eigenvalue weighted by Crippen LogP contribution is -2.43. The summed E-state index contributed by atoms with van der Waals surface area (Å²) in [7, 11) is 0. The van der Waals surface area contributed by atoms with Crippen LogP contribution >= 0.6 is 0 Å². The van der Waals surface area contributed by atoms with Crippen molar-refractivity contribution < 1.29 is 27.5 Å². The average molecular weight is 421 g/mol. The molecular weight excluding hydrogens is 399 g/mol. The van der Waals surface area contributed by atoms with Gasteiger partial charge in [-0.25, -0.2) is 9.59 Å². The van der Waals surface area contributed by atoms with Gasteiger partial charge >= 0.3 is 18.3 Å². The second-order valence-electron chi connectivity index (χ2n) is 6.99. The van der Waals surface area contributed by atoms with Crippen molar-refractivity contribution in [1.82, 2.24) is 10.2 Å². The minimum Gasteiger partial charge on any atom is -0.410 e. The summed E-state index contributed by atoms with van der Waals surface area (Å²) in [5.41, 5.74) is -1.19. The Kier molecular flexibility index (Phi) is 6.81. The lowest BCUT2D eigenvalue weighted by atomic mass is 9.97. The molecule has 0 spiro atoms. The maximum absolute atomic E-state index is 13.0. The number of piperidine rings is 1. The van der Waals surface area contributed by atoms with E-state index in [1.54, 1.807) is 29.2 Å². The number of rotatable bonds is 4. The van der Waals surface area contributed by atoms with Gasteiger partial charge in [0.1, 0.15) is 5.75 Å². The fourth-order valence-electron chi connectivity index (χ4n) is 3.22. The SMILES string of the molecule is O=C(NCC1CCN(C(=O)Oc2ccccc2)CC1)Nc1ccccc1C(F)(F)F. The monoisotopic (exact) mass is 421 g/mol. The zero-order valence-corrected chi connectivity index (χ0v) is 16.1. The fourth-order valence-corrected chi connectivity index (χ4v) is 3.22. The number of hydrogen-bond acceptors (Lipinski definition) is 3. The molecule has 2 aromatic carbocycles. The first kappa shape index (κ1) is 21.5. The average Bonchev–Trinajstić information content (AvgIpc) is 2.73. The first-order valence-electron chi connectivity index (χ1n) is 9.56. The van der Waals surface area contributed by atoms with E-state index in [1.165, 1.54) is 18.2 Å². The number of likely N-dealkylation sites (tertiary alicyclic amines) is 1. The van der Waals surface area contributed by atoms with Gasteiger partial charge in [0.05, 0.1) is 11.3 Å². The van der Waals surface area contributed by atoms with E-state index in [0.717, 1.165) is 6.07 Å². The molecule has 30 heavy (non-hydrogen) atoms. The summed E-state index contributed by atoms with van der Waals surface area (Å²) in [6.45, 7) is 1.27. The van der Waals surface area contributed by atoms with Crippen LogP contribution in [0.5, 0.6) is 5.75 Å². The number of urea groups is 1. The highest BCUT2D eigenvalue weighted by Gasteiger charge is 2.33. The van der Waals surface area contributed by atoms with Gasteiger partial charge in [0, 0.05) is 19.6 Å². The van der Waals surface area contributed by atoms with Crippen molar-refractivity contribution in [2.45, 2.75) is 19.0 Å². The number of ether oxygens (including phenoxy) is 1. The summed E-state index contributed by atoms with van der Waals surface area (Å²) >= 11 is 0. The maximum atomic E-state index is 13.0. The number of anilines is 1. The van der Waals surface area contributed by atoms with Gasteiger partial charge in [-0.3, -0.25) is 0 Å². The number of para-hydroxylation sites is 2. The molecule has 160 valence electrons. The van der Waals surface area contributed by atoms with Crippen LogP contribution < -0.4 is 15.4 Å². The molecule has 2 N–H and O–H groups in total. The van der Waals surface area contributed by atoms with Gasteiger partial charge < -0.3 is 20.3 Å². The minimum atomic E-state index is -4.55. The van der Waals surface area contributed by atoms with Crippen molar-refractivity contribution in [3.63, 3.8) is 0 Å². The van der Waals surface area contributed by atoms with E-state index in [1.807, 2.05) is 6.07 Å². The van der Waals surface area contributed by atoms with Crippen molar-refractivity contribution in [2.75, 3.05) is 25.0 Å². The Labute approximate surface area is 172 Å². The summed E-state index contributed by atoms with van der Waals surface area (Å²) in [6.07, 6.45) is -3.66. The lowest BCUT2D eigenvalue weighted by molar-refractivity contribution is -0.136. The van der Waals surface area contributed by atoms with Gasteiger partial charge in [0.25, 0.3) is 0 Å². The highest BCUT2D eigenvalue weighted by Crippen LogP contribution is 2.34. The van der Waals surface area contributed by atoms with E-state index in [0.29, 0.717) is 38.2 Å². The topological polar surface area (TPSA) is 70.7 Å². The molecule has 0 bridgehead atoms. The Morgan fingerprint density at radius 1 is 1.00 bits per heavy atom. The van der Waals surface area contributed by atoms with Crippen LogP contribution in [-0.2, 0) is 6.18 Å². The standard InChI is InChI=1S/C21H22F3N3O3/c22-21(23,24)17-8-4-5-9-18(17)26-19(28)25-14-15-10-12-27(13-11-15)20(29)30-16-6-2-1-3-7-16/h1-9,15H,10-14H2,(H2,25,26,28). The van der Waals surface area contributed by atoms with Crippen molar-refractivity contribution in [3.05, 3.63) is 60.2 Å². The van der Waals surface area contributed by atoms with Gasteiger partial charge in [-0.05, 0) is 43.0 Å². The van der Waals surface area contributed by atoms with Gasteiger partial charge in [-0.1, -0.05) is 30.3 Å². The molecule has 1 heterocycles. The van der Waals surface area contributed by atoms with Gasteiger partial charge in [0.2, 0.25) is 0 Å². The smallest absolute Gasteiger partial charge is 0.410 e. The highest BCUT2D eigenvalue weighted by molar-refractivity contribution is 5.90. The molecule has 1 aliphatic rings. The van der Waals surface area contributed by atoms with E-state index in [2.05, 4.69) is 10.6 Å². The Morgan fingerprint density at radius 2 is 1.63 bits per heavy atom. The van der Waals surface area contributed by atoms with Crippen LogP contribution in [0.1, 0.15) is 18.4 Å². The number of carbonyl (C=O) groups is 2. The molecule has 0 unspecified atom stereocenters. The number of carbonyl (C=O) groups excluding carboxylic acids is 2. The van der Waals surface area contributed by atoms with Crippen LogP contribution in [0.25, 0.3) is 0 Å². The van der Waals surface area contributed by atoms with Crippen LogP contribution in [0, 0.1) is 5.92 Å². The number of amides is 3. The highest BCUT2D eigenvalue weighted by atomic mass is 19.4. The van der Waals surface area contributed by atoms with Crippen LogP contribution in [0.2, 0.25) is 0 Å². The maximum Gasteiger partial charge on any atom is 0.418 e. The van der Waals surface area contributed by atoms with Crippen LogP contribution in [-0.4, -0.2) is 36.7 Å². The quantitative estimate of drug-likeness (QED) is 0.749. The van der Waals surface area contributed by atoms with Crippen molar-refractivity contribution in [2.24, 2.45) is 5.92 Å². The Hall–Kier alpha value is -3.23. The number of hydrogen-bond donors (Lipinski definition) is 2. The van der Waals surface area contributed by atoms with Crippen molar-refractivity contribution in [3.8, 4) is 5.75 Å². The van der Waals surface area contributed by atoms with Gasteiger partial charge in [-0.15, -0.1) is 0 Å². The molecule has 0 atom stereocenters. The van der Waals surface area contributed by atoms with Gasteiger partial charge in [0.15, 0.2) is 0 Å². The third kappa shape index (κ3) is 5.88. The van der Waals surface area contributed by atoms with Crippen molar-refractivity contribution in [1.29, 1.82) is 0 Å². The number of alkyl halides is 3. The first-order chi connectivity index (χ1) is 14.3. The molecule has 1 saturated heterocycles. The van der Waals surface area contributed by atoms with E-state index < -0.39 is 23.9 Å². The van der Waals surface area contributed by atoms with Crippen LogP contribution in [0.4, 0.5) is 28.4 Å². The zero-order chi connectivity index (χ0) is 21.6. The Balaban J connectivity index is 1.43. The van der Waals surface area contributed by atoms with Crippen molar-refractivity contribution >= 4 is 17.8 Å². The second-order valence-corrected chi connectivity index (χ2v) is 6.99. The third-order valence-electron chi connectivity index (χ3n) is 4.85. The lowest BCUT2D eigenvalue weighted by Gasteiger charge is -2.31.